The number of nitrogens with one attached hydrogen (secondary N) is 2. The van der Waals surface area contributed by atoms with E-state index in [1.54, 1.807) is 44.7 Å². The van der Waals surface area contributed by atoms with Crippen LogP contribution in [0.3, 0.4) is 0 Å². The molecule has 0 aliphatic carbocycles. The molecule has 0 unspecified atom stereocenters. The minimum atomic E-state index is -0.310. The lowest BCUT2D eigenvalue weighted by atomic mass is 10.1. The molecule has 0 bridgehead atoms. The minimum absolute atomic E-state index is 0.310. The quantitative estimate of drug-likeness (QED) is 0.621. The minimum Gasteiger partial charge on any atom is -0.497 e. The summed E-state index contributed by atoms with van der Waals surface area (Å²) in [6, 6.07) is 19.0. The largest absolute Gasteiger partial charge is 0.497 e. The normalized spacial score (nSPS) is 10.2. The van der Waals surface area contributed by atoms with Gasteiger partial charge in [-0.25, -0.2) is 0 Å². The first kappa shape index (κ1) is 19.2. The maximum atomic E-state index is 12.6. The second kappa shape index (κ2) is 9.41. The number of rotatable bonds is 8. The number of nitrogens with zero attached hydrogens (tertiary/aromatic N) is 1. The fraction of sp³-hybridized carbons (Fsp3) is 0.182. The molecule has 6 heteroatoms. The second-order valence-electron chi connectivity index (χ2n) is 6.11. The van der Waals surface area contributed by atoms with E-state index in [0.29, 0.717) is 22.9 Å². The molecule has 2 N–H and O–H groups in total. The molecule has 3 rings (SSSR count). The first-order chi connectivity index (χ1) is 13.7. The van der Waals surface area contributed by atoms with Crippen molar-refractivity contribution in [3.05, 3.63) is 78.1 Å². The van der Waals surface area contributed by atoms with Gasteiger partial charge in [-0.15, -0.1) is 0 Å². The van der Waals surface area contributed by atoms with E-state index < -0.39 is 0 Å². The number of ether oxygens (including phenoxy) is 2. The van der Waals surface area contributed by atoms with E-state index in [2.05, 4.69) is 27.8 Å². The molecule has 144 valence electrons. The van der Waals surface area contributed by atoms with Crippen molar-refractivity contribution < 1.29 is 14.3 Å². The molecule has 1 aromatic heterocycles. The Kier molecular flexibility index (Phi) is 6.46. The molecule has 0 atom stereocenters. The number of benzene rings is 2. The van der Waals surface area contributed by atoms with Crippen LogP contribution in [0.15, 0.2) is 66.9 Å². The molecule has 2 aromatic carbocycles. The Bertz CT molecular complexity index is 929. The number of hydrogen-bond donors (Lipinski definition) is 2. The van der Waals surface area contributed by atoms with Crippen molar-refractivity contribution >= 4 is 17.3 Å². The zero-order valence-corrected chi connectivity index (χ0v) is 15.9. The standard InChI is InChI=1S/C22H23N3O3/c1-27-18-8-9-19(21(15-18)28-2)25-22(26)20-14-17(11-13-24-20)23-12-10-16-6-4-3-5-7-16/h3-9,11,13-15H,10,12H2,1-2H3,(H,23,24)(H,25,26). The number of aromatic nitrogens is 1. The van der Waals surface area contributed by atoms with Crippen LogP contribution in [0.4, 0.5) is 11.4 Å². The van der Waals surface area contributed by atoms with E-state index in [4.69, 9.17) is 9.47 Å². The van der Waals surface area contributed by atoms with Crippen molar-refractivity contribution in [2.75, 3.05) is 31.4 Å². The van der Waals surface area contributed by atoms with E-state index in [0.717, 1.165) is 18.7 Å². The van der Waals surface area contributed by atoms with Crippen LogP contribution in [-0.2, 0) is 6.42 Å². The summed E-state index contributed by atoms with van der Waals surface area (Å²) in [6.07, 6.45) is 2.51. The predicted octanol–water partition coefficient (Wildman–Crippen LogP) is 4.01. The van der Waals surface area contributed by atoms with Crippen molar-refractivity contribution in [2.45, 2.75) is 6.42 Å². The van der Waals surface area contributed by atoms with Crippen molar-refractivity contribution in [1.29, 1.82) is 0 Å². The van der Waals surface area contributed by atoms with Crippen LogP contribution in [0.2, 0.25) is 0 Å². The summed E-state index contributed by atoms with van der Waals surface area (Å²) in [7, 11) is 3.12. The Morgan fingerprint density at radius 3 is 2.57 bits per heavy atom. The van der Waals surface area contributed by atoms with E-state index in [-0.39, 0.29) is 5.91 Å². The summed E-state index contributed by atoms with van der Waals surface area (Å²) in [6.45, 7) is 0.765. The highest BCUT2D eigenvalue weighted by Crippen LogP contribution is 2.29. The Morgan fingerprint density at radius 2 is 1.82 bits per heavy atom. The van der Waals surface area contributed by atoms with Crippen LogP contribution in [0, 0.1) is 0 Å². The molecule has 1 heterocycles. The third-order valence-corrected chi connectivity index (χ3v) is 4.24. The first-order valence-corrected chi connectivity index (χ1v) is 8.97. The third kappa shape index (κ3) is 5.01. The smallest absolute Gasteiger partial charge is 0.274 e. The number of carbonyl (C=O) groups excluding carboxylic acids is 1. The monoisotopic (exact) mass is 377 g/mol. The molecule has 6 nitrogen and oxygen atoms in total. The number of methoxy groups -OCH3 is 2. The summed E-state index contributed by atoms with van der Waals surface area (Å²) >= 11 is 0. The molecular formula is C22H23N3O3. The Labute approximate surface area is 164 Å². The average Bonchev–Trinajstić information content (AvgIpc) is 2.75. The summed E-state index contributed by atoms with van der Waals surface area (Å²) < 4.78 is 10.5. The van der Waals surface area contributed by atoms with Gasteiger partial charge in [-0.3, -0.25) is 9.78 Å². The molecule has 0 radical (unpaired) electrons. The Balaban J connectivity index is 1.64. The molecule has 28 heavy (non-hydrogen) atoms. The zero-order valence-electron chi connectivity index (χ0n) is 15.9. The fourth-order valence-electron chi connectivity index (χ4n) is 2.75. The van der Waals surface area contributed by atoms with Crippen LogP contribution < -0.4 is 20.1 Å². The second-order valence-corrected chi connectivity index (χ2v) is 6.11. The lowest BCUT2D eigenvalue weighted by Gasteiger charge is -2.12. The molecule has 3 aromatic rings. The number of pyridine rings is 1. The highest BCUT2D eigenvalue weighted by atomic mass is 16.5. The molecule has 1 amide bonds. The highest BCUT2D eigenvalue weighted by Gasteiger charge is 2.12. The Morgan fingerprint density at radius 1 is 1.00 bits per heavy atom. The van der Waals surface area contributed by atoms with Gasteiger partial charge in [0.15, 0.2) is 0 Å². The topological polar surface area (TPSA) is 72.5 Å². The van der Waals surface area contributed by atoms with Gasteiger partial charge >= 0.3 is 0 Å². The van der Waals surface area contributed by atoms with Crippen LogP contribution in [-0.4, -0.2) is 31.7 Å². The van der Waals surface area contributed by atoms with Gasteiger partial charge in [0, 0.05) is 24.5 Å². The SMILES string of the molecule is COc1ccc(NC(=O)c2cc(NCCc3ccccc3)ccn2)c(OC)c1. The maximum absolute atomic E-state index is 12.6. The lowest BCUT2D eigenvalue weighted by Crippen LogP contribution is -2.15. The lowest BCUT2D eigenvalue weighted by molar-refractivity contribution is 0.102. The summed E-state index contributed by atoms with van der Waals surface area (Å²) in [5, 5.41) is 6.16. The predicted molar refractivity (Wildman–Crippen MR) is 110 cm³/mol. The molecule has 0 fully saturated rings. The van der Waals surface area contributed by atoms with Gasteiger partial charge in [0.2, 0.25) is 0 Å². The van der Waals surface area contributed by atoms with Crippen LogP contribution in [0.1, 0.15) is 16.1 Å². The van der Waals surface area contributed by atoms with Crippen molar-refractivity contribution in [2.24, 2.45) is 0 Å². The Hall–Kier alpha value is -3.54. The van der Waals surface area contributed by atoms with Crippen molar-refractivity contribution in [3.8, 4) is 11.5 Å². The van der Waals surface area contributed by atoms with Crippen molar-refractivity contribution in [1.82, 2.24) is 4.98 Å². The van der Waals surface area contributed by atoms with Gasteiger partial charge in [0.1, 0.15) is 17.2 Å². The van der Waals surface area contributed by atoms with E-state index in [9.17, 15) is 4.79 Å². The molecule has 0 spiro atoms. The van der Waals surface area contributed by atoms with Crippen molar-refractivity contribution in [3.63, 3.8) is 0 Å². The summed E-state index contributed by atoms with van der Waals surface area (Å²) in [5.41, 5.74) is 2.98. The van der Waals surface area contributed by atoms with E-state index >= 15 is 0 Å². The number of anilines is 2. The van der Waals surface area contributed by atoms with Gasteiger partial charge in [0.25, 0.3) is 5.91 Å². The van der Waals surface area contributed by atoms with Crippen LogP contribution >= 0.6 is 0 Å². The molecular weight excluding hydrogens is 354 g/mol. The third-order valence-electron chi connectivity index (χ3n) is 4.24. The molecule has 0 aliphatic rings. The van der Waals surface area contributed by atoms with Crippen LogP contribution in [0.25, 0.3) is 0 Å². The molecule has 0 aliphatic heterocycles. The number of carbonyl (C=O) groups is 1. The number of amides is 1. The van der Waals surface area contributed by atoms with E-state index in [1.807, 2.05) is 24.3 Å². The zero-order chi connectivity index (χ0) is 19.8. The molecule has 0 saturated heterocycles. The average molecular weight is 377 g/mol. The van der Waals surface area contributed by atoms with Gasteiger partial charge in [-0.1, -0.05) is 30.3 Å². The maximum Gasteiger partial charge on any atom is 0.274 e. The summed E-state index contributed by atoms with van der Waals surface area (Å²) in [5.74, 6) is 0.859. The fourth-order valence-corrected chi connectivity index (χ4v) is 2.75. The van der Waals surface area contributed by atoms with Gasteiger partial charge in [0.05, 0.1) is 19.9 Å². The van der Waals surface area contributed by atoms with Gasteiger partial charge in [-0.05, 0) is 36.2 Å². The van der Waals surface area contributed by atoms with Gasteiger partial charge < -0.3 is 20.1 Å². The van der Waals surface area contributed by atoms with Gasteiger partial charge in [-0.2, -0.15) is 0 Å². The van der Waals surface area contributed by atoms with Crippen LogP contribution in [0.5, 0.6) is 11.5 Å². The molecule has 0 saturated carbocycles. The van der Waals surface area contributed by atoms with E-state index in [1.165, 1.54) is 5.56 Å². The number of hydrogen-bond acceptors (Lipinski definition) is 5. The summed E-state index contributed by atoms with van der Waals surface area (Å²) in [4.78, 5) is 16.8. The highest BCUT2D eigenvalue weighted by molar-refractivity contribution is 6.04. The first-order valence-electron chi connectivity index (χ1n) is 8.97.